The van der Waals surface area contributed by atoms with Gasteiger partial charge >= 0.3 is 0 Å². The van der Waals surface area contributed by atoms with Crippen LogP contribution >= 0.6 is 11.3 Å². The molecule has 1 heterocycles. The Morgan fingerprint density at radius 1 is 1.40 bits per heavy atom. The first-order valence-corrected chi connectivity index (χ1v) is 8.04. The fourth-order valence-electron chi connectivity index (χ4n) is 1.57. The van der Waals surface area contributed by atoms with E-state index in [-0.39, 0.29) is 21.3 Å². The van der Waals surface area contributed by atoms with Crippen LogP contribution in [-0.4, -0.2) is 18.6 Å². The molecule has 1 aromatic heterocycles. The van der Waals surface area contributed by atoms with Gasteiger partial charge in [-0.25, -0.2) is 12.8 Å². The van der Waals surface area contributed by atoms with Crippen molar-refractivity contribution in [1.29, 1.82) is 0 Å². The molecule has 0 aliphatic heterocycles. The van der Waals surface area contributed by atoms with E-state index < -0.39 is 15.8 Å². The first-order chi connectivity index (χ1) is 9.33. The number of nitrogen functional groups attached to an aromatic ring is 1. The largest absolute Gasteiger partial charge is 0.396 e. The van der Waals surface area contributed by atoms with Gasteiger partial charge in [0.2, 0.25) is 5.13 Å². The number of rotatable bonds is 4. The molecule has 0 amide bonds. The number of anilines is 2. The number of aromatic nitrogens is 2. The second kappa shape index (κ2) is 5.33. The molecule has 0 bridgehead atoms. The lowest BCUT2D eigenvalue weighted by molar-refractivity contribution is 0.599. The van der Waals surface area contributed by atoms with E-state index in [0.717, 1.165) is 28.5 Å². The van der Waals surface area contributed by atoms with E-state index in [1.54, 1.807) is 0 Å². The molecule has 0 fully saturated rings. The Balaban J connectivity index is 2.37. The Kier molecular flexibility index (Phi) is 3.91. The molecule has 1 aromatic carbocycles. The summed E-state index contributed by atoms with van der Waals surface area (Å²) in [5.41, 5.74) is 5.46. The SMILES string of the molecule is CCc1nnc(NS(=O)(=O)c2cc(N)c(F)cc2C)s1. The van der Waals surface area contributed by atoms with Gasteiger partial charge in [-0.1, -0.05) is 18.3 Å². The first-order valence-electron chi connectivity index (χ1n) is 5.74. The number of hydrogen-bond donors (Lipinski definition) is 2. The minimum Gasteiger partial charge on any atom is -0.396 e. The van der Waals surface area contributed by atoms with Crippen LogP contribution in [0.5, 0.6) is 0 Å². The van der Waals surface area contributed by atoms with Gasteiger partial charge in [0.15, 0.2) is 0 Å². The summed E-state index contributed by atoms with van der Waals surface area (Å²) in [5, 5.41) is 8.45. The Hall–Kier alpha value is -1.74. The highest BCUT2D eigenvalue weighted by Crippen LogP contribution is 2.25. The lowest BCUT2D eigenvalue weighted by atomic mass is 10.2. The maximum Gasteiger partial charge on any atom is 0.264 e. The van der Waals surface area contributed by atoms with Gasteiger partial charge in [0, 0.05) is 0 Å². The lowest BCUT2D eigenvalue weighted by Crippen LogP contribution is -2.15. The molecule has 3 N–H and O–H groups in total. The summed E-state index contributed by atoms with van der Waals surface area (Å²) < 4.78 is 40.0. The fourth-order valence-corrected chi connectivity index (χ4v) is 3.74. The summed E-state index contributed by atoms with van der Waals surface area (Å²) in [6, 6.07) is 2.18. The molecule has 0 atom stereocenters. The number of benzene rings is 1. The van der Waals surface area contributed by atoms with Crippen LogP contribution in [0.4, 0.5) is 15.2 Å². The monoisotopic (exact) mass is 316 g/mol. The van der Waals surface area contributed by atoms with E-state index in [9.17, 15) is 12.8 Å². The minimum atomic E-state index is -3.87. The molecule has 2 rings (SSSR count). The van der Waals surface area contributed by atoms with Crippen LogP contribution in [0.25, 0.3) is 0 Å². The maximum absolute atomic E-state index is 13.3. The smallest absolute Gasteiger partial charge is 0.264 e. The molecule has 0 saturated carbocycles. The van der Waals surface area contributed by atoms with Crippen LogP contribution in [0.2, 0.25) is 0 Å². The van der Waals surface area contributed by atoms with Crippen molar-refractivity contribution in [2.75, 3.05) is 10.5 Å². The average molecular weight is 316 g/mol. The Bertz CT molecular complexity index is 743. The minimum absolute atomic E-state index is 0.0790. The number of aryl methyl sites for hydroxylation is 2. The van der Waals surface area contributed by atoms with Crippen molar-refractivity contribution in [3.63, 3.8) is 0 Å². The number of hydrogen-bond acceptors (Lipinski definition) is 6. The number of nitrogens with one attached hydrogen (secondary N) is 1. The molecule has 0 radical (unpaired) electrons. The quantitative estimate of drug-likeness (QED) is 0.840. The Morgan fingerprint density at radius 3 is 2.70 bits per heavy atom. The second-order valence-corrected chi connectivity index (χ2v) is 6.81. The molecule has 20 heavy (non-hydrogen) atoms. The van der Waals surface area contributed by atoms with Gasteiger partial charge in [-0.15, -0.1) is 10.2 Å². The maximum atomic E-state index is 13.3. The summed E-state index contributed by atoms with van der Waals surface area (Å²) in [6.45, 7) is 3.39. The molecule has 0 aliphatic rings. The van der Waals surface area contributed by atoms with Gasteiger partial charge in [0.05, 0.1) is 10.6 Å². The van der Waals surface area contributed by atoms with Crippen molar-refractivity contribution in [3.05, 3.63) is 28.5 Å². The third-order valence-corrected chi connectivity index (χ3v) is 5.17. The van der Waals surface area contributed by atoms with E-state index in [1.807, 2.05) is 6.92 Å². The normalized spacial score (nSPS) is 11.6. The number of halogens is 1. The summed E-state index contributed by atoms with van der Waals surface area (Å²) in [4.78, 5) is -0.0790. The zero-order chi connectivity index (χ0) is 14.9. The lowest BCUT2D eigenvalue weighted by Gasteiger charge is -2.09. The number of nitrogens with two attached hydrogens (primary N) is 1. The first kappa shape index (κ1) is 14.7. The van der Waals surface area contributed by atoms with Crippen molar-refractivity contribution >= 4 is 32.2 Å². The van der Waals surface area contributed by atoms with Gasteiger partial charge in [0.25, 0.3) is 10.0 Å². The Labute approximate surface area is 119 Å². The molecular weight excluding hydrogens is 303 g/mol. The van der Waals surface area contributed by atoms with Crippen molar-refractivity contribution in [2.45, 2.75) is 25.2 Å². The molecule has 0 unspecified atom stereocenters. The van der Waals surface area contributed by atoms with Crippen molar-refractivity contribution in [2.24, 2.45) is 0 Å². The molecule has 2 aromatic rings. The molecule has 6 nitrogen and oxygen atoms in total. The van der Waals surface area contributed by atoms with Crippen LogP contribution in [0.3, 0.4) is 0 Å². The van der Waals surface area contributed by atoms with Gasteiger partial charge < -0.3 is 5.73 Å². The number of sulfonamides is 1. The Morgan fingerprint density at radius 2 is 2.10 bits per heavy atom. The standard InChI is InChI=1S/C11H13FN4O2S2/c1-3-10-14-15-11(19-10)16-20(17,18)9-5-8(13)7(12)4-6(9)2/h4-5H,3,13H2,1-2H3,(H,15,16). The predicted octanol–water partition coefficient (Wildman–Crippen LogP) is 1.93. The van der Waals surface area contributed by atoms with E-state index in [2.05, 4.69) is 14.9 Å². The van der Waals surface area contributed by atoms with Crippen LogP contribution in [0.15, 0.2) is 17.0 Å². The average Bonchev–Trinajstić information content (AvgIpc) is 2.80. The van der Waals surface area contributed by atoms with Gasteiger partial charge in [0.1, 0.15) is 10.8 Å². The zero-order valence-corrected chi connectivity index (χ0v) is 12.5. The van der Waals surface area contributed by atoms with E-state index in [1.165, 1.54) is 6.92 Å². The third-order valence-electron chi connectivity index (χ3n) is 2.57. The highest BCUT2D eigenvalue weighted by molar-refractivity contribution is 7.93. The molecule has 0 aliphatic carbocycles. The van der Waals surface area contributed by atoms with Crippen molar-refractivity contribution in [1.82, 2.24) is 10.2 Å². The summed E-state index contributed by atoms with van der Waals surface area (Å²) >= 11 is 1.15. The van der Waals surface area contributed by atoms with Crippen LogP contribution < -0.4 is 10.5 Å². The molecular formula is C11H13FN4O2S2. The van der Waals surface area contributed by atoms with Crippen molar-refractivity contribution < 1.29 is 12.8 Å². The highest BCUT2D eigenvalue weighted by atomic mass is 32.2. The van der Waals surface area contributed by atoms with Gasteiger partial charge in [-0.2, -0.15) is 0 Å². The predicted molar refractivity (Wildman–Crippen MR) is 75.6 cm³/mol. The molecule has 0 saturated heterocycles. The van der Waals surface area contributed by atoms with Crippen molar-refractivity contribution in [3.8, 4) is 0 Å². The van der Waals surface area contributed by atoms with E-state index in [4.69, 9.17) is 5.73 Å². The highest BCUT2D eigenvalue weighted by Gasteiger charge is 2.20. The van der Waals surface area contributed by atoms with Crippen LogP contribution in [0.1, 0.15) is 17.5 Å². The van der Waals surface area contributed by atoms with Crippen LogP contribution in [-0.2, 0) is 16.4 Å². The third kappa shape index (κ3) is 2.88. The second-order valence-electron chi connectivity index (χ2n) is 4.10. The zero-order valence-electron chi connectivity index (χ0n) is 10.8. The van der Waals surface area contributed by atoms with E-state index >= 15 is 0 Å². The molecule has 108 valence electrons. The molecule has 0 spiro atoms. The number of nitrogens with zero attached hydrogens (tertiary/aromatic N) is 2. The summed E-state index contributed by atoms with van der Waals surface area (Å²) in [7, 11) is -3.87. The van der Waals surface area contributed by atoms with E-state index in [0.29, 0.717) is 6.42 Å². The van der Waals surface area contributed by atoms with Crippen LogP contribution in [0, 0.1) is 12.7 Å². The topological polar surface area (TPSA) is 98.0 Å². The van der Waals surface area contributed by atoms with Gasteiger partial charge in [-0.3, -0.25) is 4.72 Å². The molecule has 9 heteroatoms. The fraction of sp³-hybridized carbons (Fsp3) is 0.273. The summed E-state index contributed by atoms with van der Waals surface area (Å²) in [5.74, 6) is -0.648. The summed E-state index contributed by atoms with van der Waals surface area (Å²) in [6.07, 6.45) is 0.669. The van der Waals surface area contributed by atoms with Gasteiger partial charge in [-0.05, 0) is 31.0 Å².